The van der Waals surface area contributed by atoms with Gasteiger partial charge in [-0.2, -0.15) is 5.26 Å². The number of allylic oxidation sites excluding steroid dienone is 4. The number of amides is 4. The number of carbonyl (C=O) groups excluding carboxylic acids is 6. The molecular weight excluding hydrogens is 1080 g/mol. The van der Waals surface area contributed by atoms with E-state index in [1.807, 2.05) is 6.07 Å². The van der Waals surface area contributed by atoms with Gasteiger partial charge in [0.25, 0.3) is 0 Å². The fourth-order valence-corrected chi connectivity index (χ4v) is 16.1. The van der Waals surface area contributed by atoms with E-state index in [9.17, 15) is 49.0 Å². The quantitative estimate of drug-likeness (QED) is 0.0480. The zero-order valence-electron chi connectivity index (χ0n) is 50.9. The van der Waals surface area contributed by atoms with E-state index in [0.717, 1.165) is 25.2 Å². The van der Waals surface area contributed by atoms with Crippen LogP contribution in [0.15, 0.2) is 40.5 Å². The van der Waals surface area contributed by atoms with E-state index in [4.69, 9.17) is 14.2 Å². The Balaban J connectivity index is 0.776. The summed E-state index contributed by atoms with van der Waals surface area (Å²) in [6.07, 6.45) is 10.7. The maximum atomic E-state index is 13.6. The Morgan fingerprint density at radius 3 is 2.29 bits per heavy atom. The minimum Gasteiger partial charge on any atom is -0.480 e. The molecule has 0 spiro atoms. The molecule has 0 bridgehead atoms. The van der Waals surface area contributed by atoms with Crippen LogP contribution in [0.2, 0.25) is 0 Å². The minimum atomic E-state index is -1.08. The number of rotatable bonds is 27. The number of carboxylic acid groups (broad SMARTS) is 1. The lowest BCUT2D eigenvalue weighted by molar-refractivity contribution is -0.168. The first kappa shape index (κ1) is 65.0. The number of carboxylic acids is 1. The van der Waals surface area contributed by atoms with Crippen molar-refractivity contribution < 1.29 is 58.0 Å². The summed E-state index contributed by atoms with van der Waals surface area (Å²) in [5, 5.41) is 36.9. The summed E-state index contributed by atoms with van der Waals surface area (Å²) in [5.74, 6) is 1.54. The second-order valence-electron chi connectivity index (χ2n) is 26.1. The summed E-state index contributed by atoms with van der Waals surface area (Å²) in [6, 6.07) is 5.88. The molecule has 1 heterocycles. The summed E-state index contributed by atoms with van der Waals surface area (Å²) < 4.78 is 17.8. The number of thiazole rings is 1. The van der Waals surface area contributed by atoms with Gasteiger partial charge in [-0.05, 0) is 156 Å². The number of carbonyl (C=O) groups is 7. The van der Waals surface area contributed by atoms with Crippen LogP contribution in [0, 0.1) is 69.0 Å². The highest BCUT2D eigenvalue weighted by Gasteiger charge is 2.62. The molecule has 0 saturated heterocycles. The van der Waals surface area contributed by atoms with Gasteiger partial charge in [0.1, 0.15) is 17.9 Å². The summed E-state index contributed by atoms with van der Waals surface area (Å²) >= 11 is 1.17. The van der Waals surface area contributed by atoms with Crippen LogP contribution in [-0.2, 0) is 38.2 Å². The molecule has 4 N–H and O–H groups in total. The van der Waals surface area contributed by atoms with Crippen molar-refractivity contribution in [3.8, 4) is 11.8 Å². The van der Waals surface area contributed by atoms with Crippen LogP contribution in [0.4, 0.5) is 4.79 Å². The van der Waals surface area contributed by atoms with Crippen molar-refractivity contribution in [1.29, 1.82) is 5.26 Å². The number of nitrogens with zero attached hydrogens (tertiary/aromatic N) is 4. The van der Waals surface area contributed by atoms with Gasteiger partial charge in [-0.25, -0.2) is 14.6 Å². The number of hydrogen-bond donors (Lipinski definition) is 4. The van der Waals surface area contributed by atoms with Gasteiger partial charge in [0, 0.05) is 86.3 Å². The third-order valence-electron chi connectivity index (χ3n) is 20.3. The minimum absolute atomic E-state index is 0.0528. The maximum Gasteiger partial charge on any atom is 0.415 e. The van der Waals surface area contributed by atoms with Gasteiger partial charge in [-0.15, -0.1) is 11.3 Å². The maximum absolute atomic E-state index is 13.6. The average Bonchev–Trinajstić information content (AvgIpc) is 4.28. The molecule has 456 valence electrons. The highest BCUT2D eigenvalue weighted by atomic mass is 32.1. The SMILES string of the molecule is CC1=C(C)C(=O)C(C(C)(C)CC(=O)N(C)CCN(CCOCCOCCC(=O)NCCCCC(NC(=O)CC[C@@H](C)[C@H]2CC[C@H]3[C@@H]4[C@H](O)C[C@@H]5C[C@H](C)CC[C@]5(C)[C@H]4CC[C@]23C)C(=O)O)C(=O)Oc2ccc3nc(C#N)sc3c2)=C(C)C1=O. The molecule has 83 heavy (non-hydrogen) atoms. The molecule has 2 aromatic rings. The fraction of sp³-hybridized carbons (Fsp3) is 0.703. The fourth-order valence-electron chi connectivity index (χ4n) is 15.3. The number of Topliss-reactive ketones (excluding diaryl/α,β-unsaturated/α-hetero) is 2. The first-order valence-electron chi connectivity index (χ1n) is 30.4. The summed E-state index contributed by atoms with van der Waals surface area (Å²) in [5.41, 5.74) is 1.55. The van der Waals surface area contributed by atoms with E-state index in [2.05, 4.69) is 43.3 Å². The number of hydrogen-bond acceptors (Lipinski definition) is 14. The lowest BCUT2D eigenvalue weighted by Gasteiger charge is -2.62. The van der Waals surface area contributed by atoms with Crippen molar-refractivity contribution in [2.24, 2.45) is 57.7 Å². The number of ketones is 2. The Bertz CT molecular complexity index is 2840. The van der Waals surface area contributed by atoms with Crippen molar-refractivity contribution in [2.75, 3.05) is 59.7 Å². The Kier molecular flexibility index (Phi) is 22.0. The van der Waals surface area contributed by atoms with Crippen LogP contribution in [0.1, 0.15) is 164 Å². The Hall–Kier alpha value is -5.55. The predicted octanol–water partition coefficient (Wildman–Crippen LogP) is 9.61. The number of aliphatic hydroxyl groups is 1. The molecule has 4 fully saturated rings. The monoisotopic (exact) mass is 1170 g/mol. The van der Waals surface area contributed by atoms with E-state index >= 15 is 0 Å². The Morgan fingerprint density at radius 2 is 1.57 bits per heavy atom. The van der Waals surface area contributed by atoms with E-state index < -0.39 is 23.5 Å². The van der Waals surface area contributed by atoms with Gasteiger partial charge >= 0.3 is 12.1 Å². The van der Waals surface area contributed by atoms with Crippen molar-refractivity contribution in [2.45, 2.75) is 171 Å². The van der Waals surface area contributed by atoms with E-state index in [1.54, 1.807) is 59.9 Å². The highest BCUT2D eigenvalue weighted by Crippen LogP contribution is 2.68. The highest BCUT2D eigenvalue weighted by molar-refractivity contribution is 7.19. The number of aliphatic carboxylic acids is 1. The average molecular weight is 1170 g/mol. The van der Waals surface area contributed by atoms with Gasteiger partial charge in [-0.3, -0.25) is 24.0 Å². The third kappa shape index (κ3) is 15.3. The predicted molar refractivity (Wildman–Crippen MR) is 316 cm³/mol. The van der Waals surface area contributed by atoms with Gasteiger partial charge in [0.15, 0.2) is 16.6 Å². The molecule has 4 saturated carbocycles. The van der Waals surface area contributed by atoms with Crippen LogP contribution in [0.5, 0.6) is 5.75 Å². The number of fused-ring (bicyclic) bond motifs is 6. The van der Waals surface area contributed by atoms with Crippen LogP contribution in [0.3, 0.4) is 0 Å². The summed E-state index contributed by atoms with van der Waals surface area (Å²) in [6.45, 7) is 19.2. The second kappa shape index (κ2) is 28.1. The molecule has 5 aliphatic rings. The summed E-state index contributed by atoms with van der Waals surface area (Å²) in [4.78, 5) is 98.7. The molecule has 7 rings (SSSR count). The zero-order valence-corrected chi connectivity index (χ0v) is 51.7. The molecule has 0 aliphatic heterocycles. The first-order chi connectivity index (χ1) is 39.3. The summed E-state index contributed by atoms with van der Waals surface area (Å²) in [7, 11) is 1.61. The molecular formula is C64H92N6O12S. The van der Waals surface area contributed by atoms with Gasteiger partial charge in [-0.1, -0.05) is 48.0 Å². The zero-order chi connectivity index (χ0) is 60.6. The number of likely N-dealkylation sites (N-methyl/N-ethyl adjacent to an activating group) is 1. The number of aliphatic hydroxyl groups excluding tert-OH is 1. The molecule has 4 amide bonds. The van der Waals surface area contributed by atoms with E-state index in [-0.39, 0.29) is 123 Å². The smallest absolute Gasteiger partial charge is 0.415 e. The van der Waals surface area contributed by atoms with Gasteiger partial charge < -0.3 is 44.9 Å². The topological polar surface area (TPSA) is 255 Å². The first-order valence-corrected chi connectivity index (χ1v) is 31.2. The van der Waals surface area contributed by atoms with Crippen molar-refractivity contribution >= 4 is 62.9 Å². The standard InChI is InChI=1S/C64H92N6O12S/c1-38-20-23-63(8)43(33-38)34-50(71)56-46-17-16-45(64(46,9)24-21-47(56)63)39(2)14-19-53(73)67-49(60(77)78)13-11-12-25-66-52(72)22-29-80-31-32-81-30-28-70(61(79)82-44-15-18-48-51(35-44)83-54(37-65)68-48)27-26-69(10)55(74)36-62(6,7)57-42(5)58(75)40(3)41(4)59(57)76/h15,18,35,38-39,43,45-47,49-50,56,71H,11-14,16-17,19-34,36H2,1-10H3,(H,66,72)(H,67,73)(H,77,78)/t38-,39-,43+,45-,46+,47+,49?,50-,56+,63+,64-/m1/s1. The molecule has 5 aliphatic carbocycles. The van der Waals surface area contributed by atoms with Crippen LogP contribution >= 0.6 is 11.3 Å². The van der Waals surface area contributed by atoms with Crippen molar-refractivity contribution in [3.63, 3.8) is 0 Å². The Labute approximate surface area is 494 Å². The lowest BCUT2D eigenvalue weighted by Crippen LogP contribution is -2.58. The number of aromatic nitrogens is 1. The van der Waals surface area contributed by atoms with Crippen LogP contribution in [0.25, 0.3) is 10.2 Å². The molecule has 11 atom stereocenters. The largest absolute Gasteiger partial charge is 0.480 e. The number of nitrogens with one attached hydrogen (secondary N) is 2. The van der Waals surface area contributed by atoms with Crippen molar-refractivity contribution in [3.05, 3.63) is 45.5 Å². The second-order valence-corrected chi connectivity index (χ2v) is 27.1. The lowest BCUT2D eigenvalue weighted by atomic mass is 9.43. The van der Waals surface area contributed by atoms with E-state index in [1.165, 1.54) is 53.2 Å². The van der Waals surface area contributed by atoms with Crippen LogP contribution in [-0.4, -0.2) is 138 Å². The number of ether oxygens (including phenoxy) is 3. The molecule has 0 radical (unpaired) electrons. The van der Waals surface area contributed by atoms with Crippen LogP contribution < -0.4 is 15.4 Å². The Morgan fingerprint density at radius 1 is 0.867 bits per heavy atom. The molecule has 19 heteroatoms. The number of nitriles is 1. The number of unbranched alkanes of at least 4 members (excludes halogenated alkanes) is 1. The van der Waals surface area contributed by atoms with Crippen molar-refractivity contribution in [1.82, 2.24) is 25.4 Å². The number of benzene rings is 1. The molecule has 1 aromatic carbocycles. The molecule has 1 aromatic heterocycles. The molecule has 1 unspecified atom stereocenters. The van der Waals surface area contributed by atoms with E-state index in [0.29, 0.717) is 99.2 Å². The third-order valence-corrected chi connectivity index (χ3v) is 21.2. The normalized spacial score (nSPS) is 26.8. The van der Waals surface area contributed by atoms with Gasteiger partial charge in [0.05, 0.1) is 42.7 Å². The molecule has 18 nitrogen and oxygen atoms in total. The van der Waals surface area contributed by atoms with Gasteiger partial charge in [0.2, 0.25) is 17.7 Å².